The Hall–Kier alpha value is -3.31. The Morgan fingerprint density at radius 3 is 2.50 bits per heavy atom. The number of anilines is 1. The zero-order chi connectivity index (χ0) is 15.9. The molecular formula is C17H12FN3O. The predicted octanol–water partition coefficient (Wildman–Crippen LogP) is 3.84. The van der Waals surface area contributed by atoms with E-state index < -0.39 is 5.82 Å². The topological polar surface area (TPSA) is 68.8 Å². The minimum absolute atomic E-state index is 0.0269. The quantitative estimate of drug-likeness (QED) is 0.869. The van der Waals surface area contributed by atoms with Crippen molar-refractivity contribution in [3.05, 3.63) is 60.1 Å². The van der Waals surface area contributed by atoms with E-state index in [0.717, 1.165) is 5.56 Å². The van der Waals surface area contributed by atoms with E-state index in [9.17, 15) is 4.39 Å². The number of hydrogen-bond donors (Lipinski definition) is 1. The van der Waals surface area contributed by atoms with Crippen molar-refractivity contribution in [2.24, 2.45) is 0 Å². The lowest BCUT2D eigenvalue weighted by atomic mass is 10.0. The number of hydrogen-bond acceptors (Lipinski definition) is 4. The summed E-state index contributed by atoms with van der Waals surface area (Å²) in [4.78, 5) is 0. The van der Waals surface area contributed by atoms with Crippen molar-refractivity contribution >= 4 is 5.69 Å². The molecule has 22 heavy (non-hydrogen) atoms. The smallest absolute Gasteiger partial charge is 0.165 e. The van der Waals surface area contributed by atoms with E-state index in [1.54, 1.807) is 42.5 Å². The summed E-state index contributed by atoms with van der Waals surface area (Å²) in [6, 6.07) is 15.5. The van der Waals surface area contributed by atoms with E-state index in [4.69, 9.17) is 15.3 Å². The largest absolute Gasteiger partial charge is 0.494 e. The van der Waals surface area contributed by atoms with Gasteiger partial charge in [-0.05, 0) is 35.4 Å². The van der Waals surface area contributed by atoms with Gasteiger partial charge >= 0.3 is 0 Å². The van der Waals surface area contributed by atoms with Crippen LogP contribution in [0.1, 0.15) is 0 Å². The third kappa shape index (κ3) is 3.41. The summed E-state index contributed by atoms with van der Waals surface area (Å²) < 4.78 is 18.7. The van der Waals surface area contributed by atoms with Crippen LogP contribution < -0.4 is 10.1 Å². The predicted molar refractivity (Wildman–Crippen MR) is 81.3 cm³/mol. The second kappa shape index (κ2) is 6.92. The van der Waals surface area contributed by atoms with Crippen molar-refractivity contribution in [2.45, 2.75) is 0 Å². The highest BCUT2D eigenvalue weighted by Gasteiger charge is 2.05. The highest BCUT2D eigenvalue weighted by atomic mass is 19.1. The molecule has 0 bridgehead atoms. The van der Waals surface area contributed by atoms with Crippen molar-refractivity contribution in [1.82, 2.24) is 0 Å². The molecule has 0 aromatic heterocycles. The molecule has 0 aliphatic carbocycles. The van der Waals surface area contributed by atoms with Crippen LogP contribution in [0, 0.1) is 28.5 Å². The second-order valence-electron chi connectivity index (χ2n) is 4.36. The Morgan fingerprint density at radius 1 is 1.14 bits per heavy atom. The van der Waals surface area contributed by atoms with Crippen LogP contribution in [0.25, 0.3) is 11.1 Å². The van der Waals surface area contributed by atoms with Crippen LogP contribution in [0.5, 0.6) is 5.75 Å². The number of nitriles is 2. The monoisotopic (exact) mass is 293 g/mol. The molecule has 1 N–H and O–H groups in total. The van der Waals surface area contributed by atoms with E-state index in [1.807, 2.05) is 6.07 Å². The van der Waals surface area contributed by atoms with Crippen LogP contribution in [0.3, 0.4) is 0 Å². The molecule has 0 atom stereocenters. The third-order valence-electron chi connectivity index (χ3n) is 2.97. The van der Waals surface area contributed by atoms with Crippen LogP contribution in [-0.2, 0) is 0 Å². The SMILES string of the molecule is COc1ccc(-c2cccc(NC=C(C#N)C#N)c2)cc1F. The van der Waals surface area contributed by atoms with Crippen molar-refractivity contribution in [2.75, 3.05) is 12.4 Å². The molecule has 0 radical (unpaired) electrons. The molecule has 2 aromatic rings. The number of allylic oxidation sites excluding steroid dienone is 1. The van der Waals surface area contributed by atoms with Crippen molar-refractivity contribution in [3.8, 4) is 29.0 Å². The van der Waals surface area contributed by atoms with Crippen molar-refractivity contribution in [1.29, 1.82) is 10.5 Å². The third-order valence-corrected chi connectivity index (χ3v) is 2.97. The van der Waals surface area contributed by atoms with Crippen LogP contribution >= 0.6 is 0 Å². The molecule has 4 nitrogen and oxygen atoms in total. The Labute approximate surface area is 127 Å². The first kappa shape index (κ1) is 15.1. The first-order valence-electron chi connectivity index (χ1n) is 6.39. The summed E-state index contributed by atoms with van der Waals surface area (Å²) in [5.41, 5.74) is 2.17. The molecule has 0 aliphatic heterocycles. The van der Waals surface area contributed by atoms with E-state index in [1.165, 1.54) is 19.4 Å². The van der Waals surface area contributed by atoms with Crippen molar-refractivity contribution in [3.63, 3.8) is 0 Å². The fraction of sp³-hybridized carbons (Fsp3) is 0.0588. The Balaban J connectivity index is 2.29. The van der Waals surface area contributed by atoms with E-state index in [0.29, 0.717) is 11.3 Å². The minimum Gasteiger partial charge on any atom is -0.494 e. The lowest BCUT2D eigenvalue weighted by Gasteiger charge is -2.07. The summed E-state index contributed by atoms with van der Waals surface area (Å²) >= 11 is 0. The van der Waals surface area contributed by atoms with E-state index in [2.05, 4.69) is 5.32 Å². The average molecular weight is 293 g/mol. The molecule has 5 heteroatoms. The van der Waals surface area contributed by atoms with Gasteiger partial charge < -0.3 is 10.1 Å². The molecule has 0 amide bonds. The van der Waals surface area contributed by atoms with Crippen LogP contribution in [0.2, 0.25) is 0 Å². The number of nitrogens with one attached hydrogen (secondary N) is 1. The molecule has 0 saturated carbocycles. The summed E-state index contributed by atoms with van der Waals surface area (Å²) in [6.45, 7) is 0. The number of ether oxygens (including phenoxy) is 1. The maximum Gasteiger partial charge on any atom is 0.165 e. The van der Waals surface area contributed by atoms with Gasteiger partial charge in [0.2, 0.25) is 0 Å². The maximum atomic E-state index is 13.8. The van der Waals surface area contributed by atoms with Crippen LogP contribution in [-0.4, -0.2) is 7.11 Å². The van der Waals surface area contributed by atoms with Gasteiger partial charge in [0.25, 0.3) is 0 Å². The number of benzene rings is 2. The zero-order valence-electron chi connectivity index (χ0n) is 11.8. The standard InChI is InChI=1S/C17H12FN3O/c1-22-17-6-5-14(8-16(17)18)13-3-2-4-15(7-13)21-11-12(9-19)10-20/h2-8,11,21H,1H3. The molecule has 2 aromatic carbocycles. The zero-order valence-corrected chi connectivity index (χ0v) is 11.8. The number of rotatable bonds is 4. The van der Waals surface area contributed by atoms with Crippen molar-refractivity contribution < 1.29 is 9.13 Å². The normalized spacial score (nSPS) is 9.27. The molecule has 0 spiro atoms. The molecule has 0 unspecified atom stereocenters. The molecule has 0 saturated heterocycles. The first-order chi connectivity index (χ1) is 10.7. The Kier molecular flexibility index (Phi) is 4.74. The highest BCUT2D eigenvalue weighted by molar-refractivity contribution is 5.69. The average Bonchev–Trinajstić information content (AvgIpc) is 2.56. The molecule has 0 fully saturated rings. The summed E-state index contributed by atoms with van der Waals surface area (Å²) in [6.07, 6.45) is 1.33. The van der Waals surface area contributed by atoms with Gasteiger partial charge in [0.05, 0.1) is 7.11 Å². The van der Waals surface area contributed by atoms with Crippen LogP contribution in [0.15, 0.2) is 54.2 Å². The summed E-state index contributed by atoms with van der Waals surface area (Å²) in [7, 11) is 1.41. The molecule has 0 heterocycles. The summed E-state index contributed by atoms with van der Waals surface area (Å²) in [5, 5.41) is 20.2. The maximum absolute atomic E-state index is 13.8. The molecule has 2 rings (SSSR count). The van der Waals surface area contributed by atoms with Gasteiger partial charge in [0, 0.05) is 11.9 Å². The fourth-order valence-electron chi connectivity index (χ4n) is 1.88. The second-order valence-corrected chi connectivity index (χ2v) is 4.36. The number of methoxy groups -OCH3 is 1. The minimum atomic E-state index is -0.436. The van der Waals surface area contributed by atoms with Gasteiger partial charge in [-0.3, -0.25) is 0 Å². The number of halogens is 1. The Bertz CT molecular complexity index is 784. The first-order valence-corrected chi connectivity index (χ1v) is 6.39. The lowest BCUT2D eigenvalue weighted by molar-refractivity contribution is 0.386. The highest BCUT2D eigenvalue weighted by Crippen LogP contribution is 2.27. The van der Waals surface area contributed by atoms with Gasteiger partial charge in [-0.25, -0.2) is 4.39 Å². The van der Waals surface area contributed by atoms with E-state index >= 15 is 0 Å². The van der Waals surface area contributed by atoms with Crippen LogP contribution in [0.4, 0.5) is 10.1 Å². The van der Waals surface area contributed by atoms with Gasteiger partial charge in [-0.1, -0.05) is 18.2 Å². The van der Waals surface area contributed by atoms with Gasteiger partial charge in [0.1, 0.15) is 17.7 Å². The van der Waals surface area contributed by atoms with Gasteiger partial charge in [0.15, 0.2) is 11.6 Å². The van der Waals surface area contributed by atoms with Gasteiger partial charge in [-0.2, -0.15) is 10.5 Å². The van der Waals surface area contributed by atoms with E-state index in [-0.39, 0.29) is 11.3 Å². The molecule has 0 aliphatic rings. The molecular weight excluding hydrogens is 281 g/mol. The number of nitrogens with zero attached hydrogens (tertiary/aromatic N) is 2. The Morgan fingerprint density at radius 2 is 1.86 bits per heavy atom. The lowest BCUT2D eigenvalue weighted by Crippen LogP contribution is -1.91. The van der Waals surface area contributed by atoms with Gasteiger partial charge in [-0.15, -0.1) is 0 Å². The fourth-order valence-corrected chi connectivity index (χ4v) is 1.88. The molecule has 108 valence electrons. The summed E-state index contributed by atoms with van der Waals surface area (Å²) in [5.74, 6) is -0.247.